The van der Waals surface area contributed by atoms with Gasteiger partial charge in [0.15, 0.2) is 0 Å². The lowest BCUT2D eigenvalue weighted by Gasteiger charge is -2.27. The molecule has 2 atom stereocenters. The zero-order valence-electron chi connectivity index (χ0n) is 11.2. The molecule has 2 aliphatic rings. The van der Waals surface area contributed by atoms with Gasteiger partial charge in [-0.15, -0.1) is 0 Å². The number of carbonyl (C=O) groups is 2. The van der Waals surface area contributed by atoms with Crippen molar-refractivity contribution >= 4 is 11.9 Å². The number of nitrogens with one attached hydrogen (secondary N) is 1. The van der Waals surface area contributed by atoms with Gasteiger partial charge in [0.2, 0.25) is 0 Å². The van der Waals surface area contributed by atoms with Gasteiger partial charge in [-0.25, -0.2) is 9.59 Å². The van der Waals surface area contributed by atoms with Gasteiger partial charge in [0, 0.05) is 24.1 Å². The summed E-state index contributed by atoms with van der Waals surface area (Å²) in [6.45, 7) is 1.99. The molecule has 3 rings (SSSR count). The van der Waals surface area contributed by atoms with Crippen LogP contribution >= 0.6 is 0 Å². The third-order valence-corrected chi connectivity index (χ3v) is 3.70. The summed E-state index contributed by atoms with van der Waals surface area (Å²) in [7, 11) is 0. The van der Waals surface area contributed by atoms with Gasteiger partial charge < -0.3 is 20.1 Å². The Hall–Kier alpha value is -1.89. The molecule has 0 radical (unpaired) electrons. The van der Waals surface area contributed by atoms with Crippen molar-refractivity contribution in [3.63, 3.8) is 0 Å². The van der Waals surface area contributed by atoms with Crippen LogP contribution < -0.4 is 5.32 Å². The predicted molar refractivity (Wildman–Crippen MR) is 68.4 cm³/mol. The van der Waals surface area contributed by atoms with Crippen molar-refractivity contribution in [2.75, 3.05) is 0 Å². The van der Waals surface area contributed by atoms with Gasteiger partial charge in [0.25, 0.3) is 0 Å². The molecule has 20 heavy (non-hydrogen) atoms. The van der Waals surface area contributed by atoms with Crippen LogP contribution in [0.4, 0.5) is 0 Å². The van der Waals surface area contributed by atoms with E-state index in [1.165, 1.54) is 25.7 Å². The number of hydrogen-bond acceptors (Lipinski definition) is 5. The summed E-state index contributed by atoms with van der Waals surface area (Å²) in [5.41, 5.74) is 1.01. The fraction of sp³-hybridized carbons (Fsp3) is 0.615. The Labute approximate surface area is 116 Å². The minimum Gasteiger partial charge on any atom is -0.473 e. The maximum Gasteiger partial charge on any atom is 0.414 e. The van der Waals surface area contributed by atoms with Gasteiger partial charge in [-0.2, -0.15) is 0 Å². The summed E-state index contributed by atoms with van der Waals surface area (Å²) in [5, 5.41) is 22.4. The average Bonchev–Trinajstić information content (AvgIpc) is 2.96. The fourth-order valence-corrected chi connectivity index (χ4v) is 2.87. The zero-order valence-corrected chi connectivity index (χ0v) is 11.2. The number of nitrogens with zero attached hydrogens (tertiary/aromatic N) is 1. The standard InChI is InChI=1S/C11H16N2O.C2H2O4/c1-7-4-11(14-13-7)8-5-9-2-3-10(6-8)12-9;3-1(4)2(5)6/h4,8-10,12H,2-3,5-6H2,1H3;(H,3,4)(H,5,6). The van der Waals surface area contributed by atoms with E-state index < -0.39 is 11.9 Å². The van der Waals surface area contributed by atoms with Crippen LogP contribution in [0, 0.1) is 6.92 Å². The molecule has 2 bridgehead atoms. The van der Waals surface area contributed by atoms with E-state index in [4.69, 9.17) is 24.3 Å². The second kappa shape index (κ2) is 6.04. The van der Waals surface area contributed by atoms with Crippen LogP contribution in [0.25, 0.3) is 0 Å². The van der Waals surface area contributed by atoms with Gasteiger partial charge >= 0.3 is 11.9 Å². The third kappa shape index (κ3) is 3.57. The Kier molecular flexibility index (Phi) is 4.39. The van der Waals surface area contributed by atoms with Crippen LogP contribution in [-0.2, 0) is 9.59 Å². The van der Waals surface area contributed by atoms with Crippen molar-refractivity contribution < 1.29 is 24.3 Å². The van der Waals surface area contributed by atoms with Crippen LogP contribution in [0.5, 0.6) is 0 Å². The summed E-state index contributed by atoms with van der Waals surface area (Å²) in [6, 6.07) is 3.54. The zero-order chi connectivity index (χ0) is 14.7. The SMILES string of the molecule is Cc1cc(C2CC3CCC(C2)N3)on1.O=C(O)C(=O)O. The number of carboxylic acids is 2. The van der Waals surface area contributed by atoms with Crippen molar-refractivity contribution in [1.82, 2.24) is 10.5 Å². The van der Waals surface area contributed by atoms with Gasteiger partial charge in [0.05, 0.1) is 5.69 Å². The molecule has 0 spiro atoms. The number of hydrogen-bond donors (Lipinski definition) is 3. The second-order valence-corrected chi connectivity index (χ2v) is 5.29. The van der Waals surface area contributed by atoms with Crippen LogP contribution in [0.2, 0.25) is 0 Å². The molecular weight excluding hydrogens is 264 g/mol. The number of aryl methyl sites for hydroxylation is 1. The molecule has 3 heterocycles. The molecule has 0 amide bonds. The summed E-state index contributed by atoms with van der Waals surface area (Å²) >= 11 is 0. The summed E-state index contributed by atoms with van der Waals surface area (Å²) < 4.78 is 5.35. The van der Waals surface area contributed by atoms with Gasteiger partial charge in [-0.3, -0.25) is 0 Å². The molecule has 2 fully saturated rings. The number of aromatic nitrogens is 1. The quantitative estimate of drug-likeness (QED) is 0.662. The molecular formula is C13H18N2O5. The Bertz CT molecular complexity index is 475. The van der Waals surface area contributed by atoms with E-state index in [-0.39, 0.29) is 0 Å². The number of piperidine rings is 1. The van der Waals surface area contributed by atoms with Gasteiger partial charge in [0.1, 0.15) is 5.76 Å². The third-order valence-electron chi connectivity index (χ3n) is 3.70. The minimum atomic E-state index is -1.82. The number of fused-ring (bicyclic) bond motifs is 2. The van der Waals surface area contributed by atoms with Crippen LogP contribution in [-0.4, -0.2) is 39.4 Å². The first-order valence-corrected chi connectivity index (χ1v) is 6.61. The highest BCUT2D eigenvalue weighted by atomic mass is 16.5. The maximum absolute atomic E-state index is 9.10. The second-order valence-electron chi connectivity index (χ2n) is 5.29. The fourth-order valence-electron chi connectivity index (χ4n) is 2.87. The molecule has 110 valence electrons. The molecule has 0 saturated carbocycles. The first kappa shape index (κ1) is 14.5. The molecule has 1 aromatic rings. The molecule has 2 unspecified atom stereocenters. The molecule has 7 heteroatoms. The molecule has 2 saturated heterocycles. The van der Waals surface area contributed by atoms with E-state index in [1.54, 1.807) is 0 Å². The van der Waals surface area contributed by atoms with Crippen LogP contribution in [0.15, 0.2) is 10.6 Å². The molecule has 0 aromatic carbocycles. The lowest BCUT2D eigenvalue weighted by molar-refractivity contribution is -0.159. The van der Waals surface area contributed by atoms with Gasteiger partial charge in [-0.05, 0) is 32.6 Å². The van der Waals surface area contributed by atoms with E-state index in [2.05, 4.69) is 16.5 Å². The normalized spacial score (nSPS) is 27.6. The molecule has 3 N–H and O–H groups in total. The Balaban J connectivity index is 0.000000212. The van der Waals surface area contributed by atoms with Crippen molar-refractivity contribution in [3.8, 4) is 0 Å². The average molecular weight is 282 g/mol. The van der Waals surface area contributed by atoms with Crippen molar-refractivity contribution in [1.29, 1.82) is 0 Å². The van der Waals surface area contributed by atoms with Crippen molar-refractivity contribution in [2.45, 2.75) is 50.6 Å². The van der Waals surface area contributed by atoms with E-state index in [9.17, 15) is 0 Å². The Morgan fingerprint density at radius 2 is 1.80 bits per heavy atom. The Morgan fingerprint density at radius 1 is 1.25 bits per heavy atom. The molecule has 7 nitrogen and oxygen atoms in total. The van der Waals surface area contributed by atoms with Crippen molar-refractivity contribution in [3.05, 3.63) is 17.5 Å². The lowest BCUT2D eigenvalue weighted by Crippen LogP contribution is -2.37. The highest BCUT2D eigenvalue weighted by Gasteiger charge is 2.35. The van der Waals surface area contributed by atoms with Crippen molar-refractivity contribution in [2.24, 2.45) is 0 Å². The first-order valence-electron chi connectivity index (χ1n) is 6.61. The number of rotatable bonds is 1. The summed E-state index contributed by atoms with van der Waals surface area (Å²) in [6.07, 6.45) is 5.14. The largest absolute Gasteiger partial charge is 0.473 e. The topological polar surface area (TPSA) is 113 Å². The van der Waals surface area contributed by atoms with E-state index in [0.717, 1.165) is 23.5 Å². The molecule has 1 aromatic heterocycles. The number of carboxylic acid groups (broad SMARTS) is 2. The highest BCUT2D eigenvalue weighted by Crippen LogP contribution is 2.37. The van der Waals surface area contributed by atoms with E-state index >= 15 is 0 Å². The maximum atomic E-state index is 9.10. The highest BCUT2D eigenvalue weighted by molar-refractivity contribution is 6.27. The molecule has 2 aliphatic heterocycles. The minimum absolute atomic E-state index is 0.606. The smallest absolute Gasteiger partial charge is 0.414 e. The lowest BCUT2D eigenvalue weighted by atomic mass is 9.90. The molecule has 0 aliphatic carbocycles. The van der Waals surface area contributed by atoms with Crippen LogP contribution in [0.3, 0.4) is 0 Å². The first-order chi connectivity index (χ1) is 9.45. The van der Waals surface area contributed by atoms with Gasteiger partial charge in [-0.1, -0.05) is 5.16 Å². The van der Waals surface area contributed by atoms with Crippen LogP contribution in [0.1, 0.15) is 43.1 Å². The predicted octanol–water partition coefficient (Wildman–Crippen LogP) is 1.14. The monoisotopic (exact) mass is 282 g/mol. The van der Waals surface area contributed by atoms with E-state index in [0.29, 0.717) is 5.92 Å². The summed E-state index contributed by atoms with van der Waals surface area (Å²) in [4.78, 5) is 18.2. The van der Waals surface area contributed by atoms with E-state index in [1.807, 2.05) is 6.92 Å². The Morgan fingerprint density at radius 3 is 2.20 bits per heavy atom. The number of aliphatic carboxylic acids is 2. The summed E-state index contributed by atoms with van der Waals surface area (Å²) in [5.74, 6) is -1.94.